The van der Waals surface area contributed by atoms with Crippen molar-refractivity contribution in [2.45, 2.75) is 6.92 Å². The first-order chi connectivity index (χ1) is 8.79. The van der Waals surface area contributed by atoms with Crippen LogP contribution < -0.4 is 0 Å². The van der Waals surface area contributed by atoms with Crippen molar-refractivity contribution >= 4 is 5.97 Å². The van der Waals surface area contributed by atoms with Gasteiger partial charge in [0, 0.05) is 18.0 Å². The molecular weight excluding hydrogens is 232 g/mol. The maximum atomic E-state index is 11.3. The number of pyridine rings is 1. The van der Waals surface area contributed by atoms with Gasteiger partial charge in [-0.25, -0.2) is 4.79 Å². The average molecular weight is 242 g/mol. The van der Waals surface area contributed by atoms with Gasteiger partial charge in [0.1, 0.15) is 6.26 Å². The molecule has 0 atom stereocenters. The number of oxazole rings is 1. The van der Waals surface area contributed by atoms with Gasteiger partial charge in [0.2, 0.25) is 0 Å². The third-order valence-corrected chi connectivity index (χ3v) is 1.96. The summed E-state index contributed by atoms with van der Waals surface area (Å²) in [5.41, 5.74) is 0.862. The molecule has 0 aliphatic rings. The molecule has 2 heterocycles. The Kier molecular flexibility index (Phi) is 3.72. The Morgan fingerprint density at radius 1 is 1.50 bits per heavy atom. The number of carbonyl (C=O) groups is 1. The second-order valence-corrected chi connectivity index (χ2v) is 3.25. The van der Waals surface area contributed by atoms with Crippen molar-refractivity contribution in [1.82, 2.24) is 9.97 Å². The summed E-state index contributed by atoms with van der Waals surface area (Å²) in [6.45, 7) is 2.02. The van der Waals surface area contributed by atoms with Crippen LogP contribution in [0.4, 0.5) is 0 Å². The van der Waals surface area contributed by atoms with Gasteiger partial charge in [-0.15, -0.1) is 0 Å². The lowest BCUT2D eigenvalue weighted by Crippen LogP contribution is -2.04. The Morgan fingerprint density at radius 2 is 2.39 bits per heavy atom. The van der Waals surface area contributed by atoms with E-state index in [4.69, 9.17) is 9.15 Å². The minimum atomic E-state index is -0.518. The molecule has 18 heavy (non-hydrogen) atoms. The summed E-state index contributed by atoms with van der Waals surface area (Å²) in [4.78, 5) is 19.2. The molecule has 90 valence electrons. The minimum absolute atomic E-state index is 0.118. The molecule has 0 bridgehead atoms. The van der Waals surface area contributed by atoms with Crippen LogP contribution in [0.15, 0.2) is 35.2 Å². The van der Waals surface area contributed by atoms with Crippen LogP contribution in [0.1, 0.15) is 28.9 Å². The van der Waals surface area contributed by atoms with Crippen LogP contribution in [0.5, 0.6) is 0 Å². The number of nitrogens with zero attached hydrogens (tertiary/aromatic N) is 2. The smallest absolute Gasteiger partial charge is 0.360 e. The van der Waals surface area contributed by atoms with Gasteiger partial charge in [0.15, 0.2) is 5.69 Å². The lowest BCUT2D eigenvalue weighted by atomic mass is 10.3. The molecule has 0 saturated heterocycles. The van der Waals surface area contributed by atoms with Gasteiger partial charge in [-0.05, 0) is 25.0 Å². The van der Waals surface area contributed by atoms with E-state index in [-0.39, 0.29) is 11.6 Å². The van der Waals surface area contributed by atoms with Gasteiger partial charge in [0.25, 0.3) is 5.89 Å². The number of carbonyl (C=O) groups excluding carboxylic acids is 1. The topological polar surface area (TPSA) is 65.2 Å². The summed E-state index contributed by atoms with van der Waals surface area (Å²) in [5, 5.41) is 0. The number of aromatic nitrogens is 2. The highest BCUT2D eigenvalue weighted by Crippen LogP contribution is 2.03. The fourth-order valence-corrected chi connectivity index (χ4v) is 1.19. The van der Waals surface area contributed by atoms with Gasteiger partial charge in [-0.1, -0.05) is 5.92 Å². The zero-order valence-corrected chi connectivity index (χ0v) is 9.71. The normalized spacial score (nSPS) is 9.39. The summed E-state index contributed by atoms with van der Waals surface area (Å²) < 4.78 is 9.83. The van der Waals surface area contributed by atoms with Gasteiger partial charge < -0.3 is 9.15 Å². The monoisotopic (exact) mass is 242 g/mol. The first kappa shape index (κ1) is 11.9. The minimum Gasteiger partial charge on any atom is -0.461 e. The fraction of sp³-hybridized carbons (Fsp3) is 0.154. The van der Waals surface area contributed by atoms with Crippen LogP contribution >= 0.6 is 0 Å². The third kappa shape index (κ3) is 2.95. The van der Waals surface area contributed by atoms with Crippen molar-refractivity contribution in [2.24, 2.45) is 0 Å². The fourth-order valence-electron chi connectivity index (χ4n) is 1.19. The Balaban J connectivity index is 2.12. The van der Waals surface area contributed by atoms with Crippen LogP contribution in [0.25, 0.3) is 0 Å². The molecule has 0 N–H and O–H groups in total. The molecule has 2 aromatic rings. The van der Waals surface area contributed by atoms with Gasteiger partial charge in [0.05, 0.1) is 6.61 Å². The zero-order chi connectivity index (χ0) is 12.8. The second-order valence-electron chi connectivity index (χ2n) is 3.25. The SMILES string of the molecule is CCOC(=O)c1coc(C#Cc2cccnc2)n1. The maximum Gasteiger partial charge on any atom is 0.360 e. The average Bonchev–Trinajstić information content (AvgIpc) is 2.87. The van der Waals surface area contributed by atoms with Crippen LogP contribution in [-0.2, 0) is 4.74 Å². The number of esters is 1. The molecule has 2 rings (SSSR count). The summed E-state index contributed by atoms with van der Waals surface area (Å²) in [6, 6.07) is 3.60. The lowest BCUT2D eigenvalue weighted by Gasteiger charge is -1.94. The first-order valence-corrected chi connectivity index (χ1v) is 5.34. The van der Waals surface area contributed by atoms with E-state index < -0.39 is 5.97 Å². The highest BCUT2D eigenvalue weighted by atomic mass is 16.5. The highest BCUT2D eigenvalue weighted by molar-refractivity contribution is 5.86. The Hall–Kier alpha value is -2.61. The van der Waals surface area contributed by atoms with Crippen molar-refractivity contribution in [3.8, 4) is 11.8 Å². The Labute approximate surface area is 104 Å². The van der Waals surface area contributed by atoms with E-state index in [1.807, 2.05) is 6.07 Å². The quantitative estimate of drug-likeness (QED) is 0.591. The summed E-state index contributed by atoms with van der Waals surface area (Å²) >= 11 is 0. The van der Waals surface area contributed by atoms with Crippen LogP contribution in [0.2, 0.25) is 0 Å². The predicted octanol–water partition coefficient (Wildman–Crippen LogP) is 1.65. The predicted molar refractivity (Wildman–Crippen MR) is 62.7 cm³/mol. The standard InChI is InChI=1S/C13H10N2O3/c1-2-17-13(16)11-9-18-12(15-11)6-5-10-4-3-7-14-8-10/h3-4,7-9H,2H2,1H3. The van der Waals surface area contributed by atoms with E-state index in [1.165, 1.54) is 6.26 Å². The highest BCUT2D eigenvalue weighted by Gasteiger charge is 2.11. The zero-order valence-electron chi connectivity index (χ0n) is 9.71. The first-order valence-electron chi connectivity index (χ1n) is 5.34. The van der Waals surface area contributed by atoms with E-state index >= 15 is 0 Å². The molecule has 0 aliphatic heterocycles. The number of rotatable bonds is 2. The van der Waals surface area contributed by atoms with E-state index in [1.54, 1.807) is 25.4 Å². The molecule has 0 unspecified atom stereocenters. The molecule has 2 aromatic heterocycles. The summed E-state index contributed by atoms with van der Waals surface area (Å²) in [7, 11) is 0. The van der Waals surface area contributed by atoms with E-state index in [0.29, 0.717) is 6.61 Å². The molecule has 0 amide bonds. The number of ether oxygens (including phenoxy) is 1. The van der Waals surface area contributed by atoms with Crippen LogP contribution in [-0.4, -0.2) is 22.5 Å². The van der Waals surface area contributed by atoms with Gasteiger partial charge >= 0.3 is 5.97 Å². The van der Waals surface area contributed by atoms with Gasteiger partial charge in [-0.2, -0.15) is 4.98 Å². The van der Waals surface area contributed by atoms with Crippen LogP contribution in [0.3, 0.4) is 0 Å². The Bertz CT molecular complexity index is 593. The van der Waals surface area contributed by atoms with Crippen LogP contribution in [0, 0.1) is 11.8 Å². The molecule has 5 nitrogen and oxygen atoms in total. The molecule has 0 spiro atoms. The lowest BCUT2D eigenvalue weighted by molar-refractivity contribution is 0.0519. The molecule has 0 radical (unpaired) electrons. The molecule has 0 saturated carbocycles. The number of hydrogen-bond donors (Lipinski definition) is 0. The maximum absolute atomic E-state index is 11.3. The summed E-state index contributed by atoms with van der Waals surface area (Å²) in [6.07, 6.45) is 4.52. The molecule has 0 aromatic carbocycles. The van der Waals surface area contributed by atoms with Crippen molar-refractivity contribution in [2.75, 3.05) is 6.61 Å². The van der Waals surface area contributed by atoms with Crippen molar-refractivity contribution in [3.63, 3.8) is 0 Å². The summed E-state index contributed by atoms with van der Waals surface area (Å²) in [5.74, 6) is 5.18. The van der Waals surface area contributed by atoms with Gasteiger partial charge in [-0.3, -0.25) is 4.98 Å². The van der Waals surface area contributed by atoms with E-state index in [0.717, 1.165) is 5.56 Å². The molecule has 0 aliphatic carbocycles. The van der Waals surface area contributed by atoms with E-state index in [2.05, 4.69) is 21.8 Å². The molecule has 5 heteroatoms. The van der Waals surface area contributed by atoms with E-state index in [9.17, 15) is 4.79 Å². The molecule has 0 fully saturated rings. The largest absolute Gasteiger partial charge is 0.461 e. The molecular formula is C13H10N2O3. The van der Waals surface area contributed by atoms with Crippen molar-refractivity contribution in [1.29, 1.82) is 0 Å². The number of hydrogen-bond acceptors (Lipinski definition) is 5. The van der Waals surface area contributed by atoms with Crippen molar-refractivity contribution < 1.29 is 13.9 Å². The third-order valence-electron chi connectivity index (χ3n) is 1.96. The Morgan fingerprint density at radius 3 is 3.11 bits per heavy atom. The second kappa shape index (κ2) is 5.64. The van der Waals surface area contributed by atoms with Crippen molar-refractivity contribution in [3.05, 3.63) is 47.9 Å².